The number of ether oxygens (including phenoxy) is 11. The molecule has 422 valence electrons. The molecule has 1 aliphatic heterocycles. The number of hydrogen-bond donors (Lipinski definition) is 2. The minimum Gasteiger partial charge on any atom is -0.420 e. The minimum atomic E-state index is -1.80. The normalized spacial score (nSPS) is 12.2. The molecule has 24 heteroatoms. The van der Waals surface area contributed by atoms with E-state index < -0.39 is 41.4 Å². The largest absolute Gasteiger partial charge is 0.420 e. The maximum Gasteiger partial charge on any atom is 0.313 e. The summed E-state index contributed by atoms with van der Waals surface area (Å²) < 4.78 is 112. The van der Waals surface area contributed by atoms with E-state index in [0.717, 1.165) is 28.7 Å². The van der Waals surface area contributed by atoms with Crippen molar-refractivity contribution in [2.75, 3.05) is 145 Å². The quantitative estimate of drug-likeness (QED) is 0.0180. The molecule has 2 heterocycles. The Morgan fingerprint density at radius 3 is 1.59 bits per heavy atom. The molecular formula is C52H71F4N5O15. The molecule has 20 nitrogen and oxygen atoms in total. The number of nitrogens with two attached hydrogens (primary N) is 1. The van der Waals surface area contributed by atoms with Crippen molar-refractivity contribution >= 4 is 35.4 Å². The summed E-state index contributed by atoms with van der Waals surface area (Å²) in [7, 11) is 0. The Bertz CT molecular complexity index is 2230. The molecule has 0 saturated heterocycles. The zero-order valence-corrected chi connectivity index (χ0v) is 43.3. The van der Waals surface area contributed by atoms with Gasteiger partial charge in [0.1, 0.15) is 5.84 Å². The number of benzene rings is 2. The average Bonchev–Trinajstić information content (AvgIpc) is 3.59. The predicted octanol–water partition coefficient (Wildman–Crippen LogP) is 5.44. The highest BCUT2D eigenvalue weighted by atomic mass is 19.2. The standard InChI is InChI=1S/C52H71F4N5O15/c1-3-9-61(75-4-2)52(64)41-31-40-6-5-39(32-45(40)60-46(57)33-41)42-30-38(35-58-37-42)36-59-47(62)7-10-65-12-14-67-16-18-69-20-22-71-24-26-73-28-29-74-27-25-72-23-21-70-19-17-68-15-13-66-11-8-48(63)76-51-49(55)43(53)34-44(54)50(51)56/h5-6,30-32,34-35,37H,3-4,7-29,33,36H2,1-2H3,(H2,57,60)(H,59,62). The first-order chi connectivity index (χ1) is 37.0. The third-order valence-corrected chi connectivity index (χ3v) is 10.4. The van der Waals surface area contributed by atoms with Crippen LogP contribution >= 0.6 is 0 Å². The summed E-state index contributed by atoms with van der Waals surface area (Å²) in [4.78, 5) is 52.0. The van der Waals surface area contributed by atoms with Crippen LogP contribution in [0.3, 0.4) is 0 Å². The molecule has 2 amide bonds. The van der Waals surface area contributed by atoms with Gasteiger partial charge in [0.15, 0.2) is 11.6 Å². The fourth-order valence-corrected chi connectivity index (χ4v) is 6.69. The predicted molar refractivity (Wildman–Crippen MR) is 268 cm³/mol. The van der Waals surface area contributed by atoms with Crippen molar-refractivity contribution in [1.29, 1.82) is 0 Å². The number of rotatable bonds is 42. The van der Waals surface area contributed by atoms with Gasteiger partial charge in [0.2, 0.25) is 23.3 Å². The van der Waals surface area contributed by atoms with Crippen LogP contribution in [0.15, 0.2) is 53.3 Å². The van der Waals surface area contributed by atoms with Crippen molar-refractivity contribution in [3.05, 3.63) is 82.7 Å². The van der Waals surface area contributed by atoms with Crippen LogP contribution in [0.4, 0.5) is 23.2 Å². The summed E-state index contributed by atoms with van der Waals surface area (Å²) in [5.74, 6) is -9.59. The molecule has 2 aromatic carbocycles. The number of esters is 1. The number of amides is 2. The molecule has 1 aromatic heterocycles. The molecule has 0 aliphatic carbocycles. The van der Waals surface area contributed by atoms with Crippen molar-refractivity contribution in [2.24, 2.45) is 10.7 Å². The van der Waals surface area contributed by atoms with Crippen molar-refractivity contribution in [1.82, 2.24) is 15.4 Å². The zero-order valence-electron chi connectivity index (χ0n) is 43.3. The Hall–Kier alpha value is -5.51. The number of amidine groups is 1. The molecular weight excluding hydrogens is 1010 g/mol. The van der Waals surface area contributed by atoms with Crippen LogP contribution in [-0.4, -0.2) is 179 Å². The van der Waals surface area contributed by atoms with E-state index in [-0.39, 0.29) is 63.8 Å². The number of carbonyl (C=O) groups excluding carboxylic acids is 3. The Labute approximate surface area is 440 Å². The molecule has 0 unspecified atom stereocenters. The van der Waals surface area contributed by atoms with Crippen molar-refractivity contribution in [3.8, 4) is 16.9 Å². The topological polar surface area (TPSA) is 229 Å². The molecule has 3 aromatic rings. The maximum atomic E-state index is 13.6. The Balaban J connectivity index is 0.865. The van der Waals surface area contributed by atoms with E-state index in [0.29, 0.717) is 136 Å². The molecule has 4 rings (SSSR count). The monoisotopic (exact) mass is 1080 g/mol. The van der Waals surface area contributed by atoms with Gasteiger partial charge >= 0.3 is 5.97 Å². The summed E-state index contributed by atoms with van der Waals surface area (Å²) in [6.07, 6.45) is 6.01. The number of nitrogens with zero attached hydrogens (tertiary/aromatic N) is 3. The summed E-state index contributed by atoms with van der Waals surface area (Å²) >= 11 is 0. The number of halogens is 4. The second-order valence-electron chi connectivity index (χ2n) is 16.3. The van der Waals surface area contributed by atoms with Gasteiger partial charge in [-0.1, -0.05) is 19.1 Å². The molecule has 3 N–H and O–H groups in total. The average molecular weight is 1080 g/mol. The van der Waals surface area contributed by atoms with Crippen LogP contribution in [0.25, 0.3) is 17.2 Å². The van der Waals surface area contributed by atoms with Gasteiger partial charge in [-0.25, -0.2) is 18.8 Å². The van der Waals surface area contributed by atoms with E-state index in [4.69, 9.17) is 57.9 Å². The Morgan fingerprint density at radius 1 is 0.618 bits per heavy atom. The zero-order chi connectivity index (χ0) is 54.6. The van der Waals surface area contributed by atoms with Gasteiger partial charge in [-0.05, 0) is 42.7 Å². The molecule has 76 heavy (non-hydrogen) atoms. The van der Waals surface area contributed by atoms with Gasteiger partial charge in [0.05, 0.1) is 151 Å². The van der Waals surface area contributed by atoms with Gasteiger partial charge in [0, 0.05) is 61.1 Å². The number of carbonyl (C=O) groups is 3. The number of hydrogen-bond acceptors (Lipinski definition) is 18. The van der Waals surface area contributed by atoms with Gasteiger partial charge in [-0.3, -0.25) is 24.2 Å². The van der Waals surface area contributed by atoms with Gasteiger partial charge in [-0.15, -0.1) is 0 Å². The lowest BCUT2D eigenvalue weighted by atomic mass is 10.0. The fraction of sp³-hybridized carbons (Fsp3) is 0.558. The highest BCUT2D eigenvalue weighted by Crippen LogP contribution is 2.32. The van der Waals surface area contributed by atoms with Gasteiger partial charge < -0.3 is 63.2 Å². The smallest absolute Gasteiger partial charge is 0.313 e. The highest BCUT2D eigenvalue weighted by Gasteiger charge is 2.24. The maximum absolute atomic E-state index is 13.6. The highest BCUT2D eigenvalue weighted by molar-refractivity contribution is 6.05. The second kappa shape index (κ2) is 38.1. The number of hydroxylamine groups is 2. The molecule has 0 fully saturated rings. The molecule has 1 aliphatic rings. The van der Waals surface area contributed by atoms with Crippen LogP contribution in [0.5, 0.6) is 5.75 Å². The van der Waals surface area contributed by atoms with E-state index >= 15 is 0 Å². The van der Waals surface area contributed by atoms with Crippen molar-refractivity contribution < 1.29 is 88.9 Å². The third kappa shape index (κ3) is 25.1. The molecule has 0 atom stereocenters. The summed E-state index contributed by atoms with van der Waals surface area (Å²) in [6.45, 7) is 11.5. The Morgan fingerprint density at radius 2 is 1.11 bits per heavy atom. The van der Waals surface area contributed by atoms with E-state index in [1.807, 2.05) is 44.2 Å². The molecule has 0 bridgehead atoms. The van der Waals surface area contributed by atoms with E-state index in [1.54, 1.807) is 12.4 Å². The van der Waals surface area contributed by atoms with E-state index in [9.17, 15) is 31.9 Å². The third-order valence-electron chi connectivity index (χ3n) is 10.4. The molecule has 0 saturated carbocycles. The Kier molecular flexibility index (Phi) is 31.6. The lowest BCUT2D eigenvalue weighted by Crippen LogP contribution is -2.34. The summed E-state index contributed by atoms with van der Waals surface area (Å²) in [6, 6.07) is 7.72. The van der Waals surface area contributed by atoms with Crippen molar-refractivity contribution in [3.63, 3.8) is 0 Å². The van der Waals surface area contributed by atoms with Crippen LogP contribution < -0.4 is 15.8 Å². The number of aliphatic imine (C=N–C) groups is 1. The van der Waals surface area contributed by atoms with Gasteiger partial charge in [-0.2, -0.15) is 8.78 Å². The first-order valence-electron chi connectivity index (χ1n) is 25.1. The summed E-state index contributed by atoms with van der Waals surface area (Å²) in [5, 5.41) is 4.29. The van der Waals surface area contributed by atoms with Crippen LogP contribution in [0, 0.1) is 23.3 Å². The number of aromatic nitrogens is 1. The molecule has 0 radical (unpaired) electrons. The van der Waals surface area contributed by atoms with Gasteiger partial charge in [0.25, 0.3) is 5.91 Å². The van der Waals surface area contributed by atoms with Crippen LogP contribution in [0.1, 0.15) is 50.7 Å². The first kappa shape index (κ1) is 63.0. The van der Waals surface area contributed by atoms with Crippen LogP contribution in [-0.2, 0) is 73.1 Å². The lowest BCUT2D eigenvalue weighted by Gasteiger charge is -2.21. The SMILES string of the molecule is CCCN(OCC)C(=O)C1=Cc2ccc(-c3cncc(CNC(=O)CCOCCOCCOCCOCCOCCOCCOCCOCCOCCOCCC(=O)Oc4c(F)c(F)cc(F)c4F)c3)cc2N=C(N)C1. The second-order valence-corrected chi connectivity index (χ2v) is 16.3. The summed E-state index contributed by atoms with van der Waals surface area (Å²) in [5.41, 5.74) is 10.7. The fourth-order valence-electron chi connectivity index (χ4n) is 6.69. The number of nitrogens with one attached hydrogen (secondary N) is 1. The number of pyridine rings is 1. The first-order valence-corrected chi connectivity index (χ1v) is 25.1. The lowest BCUT2D eigenvalue weighted by molar-refractivity contribution is -0.180. The number of fused-ring (bicyclic) bond motifs is 1. The van der Waals surface area contributed by atoms with Crippen LogP contribution in [0.2, 0.25) is 0 Å². The van der Waals surface area contributed by atoms with E-state index in [2.05, 4.69) is 20.0 Å². The minimum absolute atomic E-state index is 0.0141. The molecule has 0 spiro atoms. The van der Waals surface area contributed by atoms with Crippen molar-refractivity contribution in [2.45, 2.75) is 46.1 Å². The van der Waals surface area contributed by atoms with E-state index in [1.165, 1.54) is 5.06 Å².